The van der Waals surface area contributed by atoms with E-state index < -0.39 is 11.6 Å². The number of hydrogen-bond acceptors (Lipinski definition) is 3. The van der Waals surface area contributed by atoms with Crippen molar-refractivity contribution in [1.82, 2.24) is 5.32 Å². The Morgan fingerprint density at radius 2 is 1.67 bits per heavy atom. The van der Waals surface area contributed by atoms with E-state index in [0.717, 1.165) is 11.6 Å². The van der Waals surface area contributed by atoms with Crippen LogP contribution in [0.1, 0.15) is 11.1 Å². The summed E-state index contributed by atoms with van der Waals surface area (Å²) < 4.78 is 32.0. The minimum Gasteiger partial charge on any atom is -0.491 e. The van der Waals surface area contributed by atoms with E-state index >= 15 is 0 Å². The molecule has 0 bridgehead atoms. The molecule has 2 aromatic rings. The Balaban J connectivity index is 1.95. The van der Waals surface area contributed by atoms with E-state index in [9.17, 15) is 8.78 Å². The number of nitrogens with one attached hydrogen (secondary N) is 1. The van der Waals surface area contributed by atoms with Gasteiger partial charge in [-0.3, -0.25) is 0 Å². The summed E-state index contributed by atoms with van der Waals surface area (Å²) in [6.07, 6.45) is 0. The molecule has 5 heteroatoms. The molecule has 0 saturated carbocycles. The lowest BCUT2D eigenvalue weighted by molar-refractivity contribution is 0.200. The first kappa shape index (κ1) is 15.4. The van der Waals surface area contributed by atoms with Gasteiger partial charge in [-0.1, -0.05) is 30.3 Å². The normalized spacial score (nSPS) is 10.6. The molecule has 3 nitrogen and oxygen atoms in total. The van der Waals surface area contributed by atoms with E-state index in [1.807, 2.05) is 18.2 Å². The van der Waals surface area contributed by atoms with Crippen LogP contribution in [0, 0.1) is 11.6 Å². The van der Waals surface area contributed by atoms with Crippen LogP contribution in [0.2, 0.25) is 0 Å². The summed E-state index contributed by atoms with van der Waals surface area (Å²) in [5.41, 5.74) is 1.17. The third-order valence-electron chi connectivity index (χ3n) is 2.98. The highest BCUT2D eigenvalue weighted by Crippen LogP contribution is 2.18. The lowest BCUT2D eigenvalue weighted by Gasteiger charge is -2.11. The van der Waals surface area contributed by atoms with Crippen LogP contribution in [0.5, 0.6) is 5.75 Å². The molecule has 0 heterocycles. The zero-order valence-corrected chi connectivity index (χ0v) is 11.5. The number of ether oxygens (including phenoxy) is 1. The average molecular weight is 293 g/mol. The van der Waals surface area contributed by atoms with Crippen LogP contribution in [-0.2, 0) is 13.1 Å². The van der Waals surface area contributed by atoms with E-state index in [0.29, 0.717) is 12.3 Å². The van der Waals surface area contributed by atoms with Gasteiger partial charge in [0.05, 0.1) is 6.61 Å². The molecular formula is C16H17F2NO2. The van der Waals surface area contributed by atoms with Gasteiger partial charge in [-0.15, -0.1) is 0 Å². The molecule has 0 amide bonds. The fourth-order valence-corrected chi connectivity index (χ4v) is 1.96. The summed E-state index contributed by atoms with van der Waals surface area (Å²) in [5, 5.41) is 11.8. The van der Waals surface area contributed by atoms with Crippen molar-refractivity contribution < 1.29 is 18.6 Å². The van der Waals surface area contributed by atoms with Crippen molar-refractivity contribution >= 4 is 0 Å². The molecule has 2 rings (SSSR count). The van der Waals surface area contributed by atoms with E-state index in [4.69, 9.17) is 9.84 Å². The van der Waals surface area contributed by atoms with Crippen molar-refractivity contribution in [1.29, 1.82) is 0 Å². The molecule has 112 valence electrons. The second kappa shape index (κ2) is 7.71. The average Bonchev–Trinajstić information content (AvgIpc) is 2.50. The standard InChI is InChI=1S/C16H17F2NO2/c17-14-6-3-5-13(16(14)18)11-19-10-12-4-1-2-7-15(12)21-9-8-20/h1-7,19-20H,8-11H2. The minimum absolute atomic E-state index is 0.0593. The van der Waals surface area contributed by atoms with Crippen molar-refractivity contribution in [2.24, 2.45) is 0 Å². The van der Waals surface area contributed by atoms with Crippen molar-refractivity contribution in [2.45, 2.75) is 13.1 Å². The van der Waals surface area contributed by atoms with Crippen LogP contribution in [0.15, 0.2) is 42.5 Å². The quantitative estimate of drug-likeness (QED) is 0.824. The topological polar surface area (TPSA) is 41.5 Å². The van der Waals surface area contributed by atoms with Gasteiger partial charge in [-0.25, -0.2) is 8.78 Å². The highest BCUT2D eigenvalue weighted by atomic mass is 19.2. The molecule has 0 aliphatic heterocycles. The molecule has 0 spiro atoms. The first-order valence-electron chi connectivity index (χ1n) is 6.67. The van der Waals surface area contributed by atoms with E-state index in [-0.39, 0.29) is 25.3 Å². The Bertz CT molecular complexity index is 590. The van der Waals surface area contributed by atoms with E-state index in [1.165, 1.54) is 6.07 Å². The van der Waals surface area contributed by atoms with Crippen molar-refractivity contribution in [2.75, 3.05) is 13.2 Å². The van der Waals surface area contributed by atoms with Crippen LogP contribution in [0.4, 0.5) is 8.78 Å². The van der Waals surface area contributed by atoms with Crippen molar-refractivity contribution in [3.8, 4) is 5.75 Å². The number of hydrogen-bond donors (Lipinski definition) is 2. The third kappa shape index (κ3) is 4.24. The zero-order chi connectivity index (χ0) is 15.1. The maximum atomic E-state index is 13.5. The van der Waals surface area contributed by atoms with Crippen LogP contribution < -0.4 is 10.1 Å². The monoisotopic (exact) mass is 293 g/mol. The minimum atomic E-state index is -0.846. The Hall–Kier alpha value is -1.98. The van der Waals surface area contributed by atoms with Gasteiger partial charge < -0.3 is 15.2 Å². The molecule has 0 fully saturated rings. The summed E-state index contributed by atoms with van der Waals surface area (Å²) in [5.74, 6) is -1.01. The zero-order valence-electron chi connectivity index (χ0n) is 11.5. The summed E-state index contributed by atoms with van der Waals surface area (Å²) in [4.78, 5) is 0. The molecular weight excluding hydrogens is 276 g/mol. The molecule has 0 radical (unpaired) electrons. The number of aliphatic hydroxyl groups excluding tert-OH is 1. The van der Waals surface area contributed by atoms with Crippen LogP contribution in [-0.4, -0.2) is 18.3 Å². The highest BCUT2D eigenvalue weighted by molar-refractivity contribution is 5.33. The van der Waals surface area contributed by atoms with Gasteiger partial charge in [0.15, 0.2) is 11.6 Å². The summed E-state index contributed by atoms with van der Waals surface area (Å²) >= 11 is 0. The molecule has 0 aromatic heterocycles. The molecule has 0 aliphatic carbocycles. The van der Waals surface area contributed by atoms with Gasteiger partial charge >= 0.3 is 0 Å². The smallest absolute Gasteiger partial charge is 0.163 e. The maximum absolute atomic E-state index is 13.5. The van der Waals surface area contributed by atoms with Gasteiger partial charge in [0.25, 0.3) is 0 Å². The Morgan fingerprint density at radius 3 is 2.48 bits per heavy atom. The SMILES string of the molecule is OCCOc1ccccc1CNCc1cccc(F)c1F. The Morgan fingerprint density at radius 1 is 0.952 bits per heavy atom. The second-order valence-corrected chi connectivity index (χ2v) is 4.50. The fraction of sp³-hybridized carbons (Fsp3) is 0.250. The number of rotatable bonds is 7. The largest absolute Gasteiger partial charge is 0.491 e. The summed E-state index contributed by atoms with van der Waals surface area (Å²) in [6.45, 7) is 0.835. The summed E-state index contributed by atoms with van der Waals surface area (Å²) in [7, 11) is 0. The molecule has 2 aromatic carbocycles. The molecule has 21 heavy (non-hydrogen) atoms. The van der Waals surface area contributed by atoms with E-state index in [2.05, 4.69) is 5.32 Å². The lowest BCUT2D eigenvalue weighted by atomic mass is 10.1. The van der Waals surface area contributed by atoms with Crippen molar-refractivity contribution in [3.63, 3.8) is 0 Å². The Kier molecular flexibility index (Phi) is 5.66. The molecule has 2 N–H and O–H groups in total. The van der Waals surface area contributed by atoms with Crippen LogP contribution in [0.3, 0.4) is 0 Å². The van der Waals surface area contributed by atoms with Gasteiger partial charge in [-0.2, -0.15) is 0 Å². The van der Waals surface area contributed by atoms with Crippen LogP contribution >= 0.6 is 0 Å². The molecule has 0 unspecified atom stereocenters. The first-order valence-corrected chi connectivity index (χ1v) is 6.67. The maximum Gasteiger partial charge on any atom is 0.163 e. The summed E-state index contributed by atoms with van der Waals surface area (Å²) in [6, 6.07) is 11.5. The predicted octanol–water partition coefficient (Wildman–Crippen LogP) is 2.63. The highest BCUT2D eigenvalue weighted by Gasteiger charge is 2.08. The van der Waals surface area contributed by atoms with Crippen molar-refractivity contribution in [3.05, 3.63) is 65.2 Å². The molecule has 0 saturated heterocycles. The van der Waals surface area contributed by atoms with Gasteiger partial charge in [0, 0.05) is 24.2 Å². The second-order valence-electron chi connectivity index (χ2n) is 4.50. The fourth-order valence-electron chi connectivity index (χ4n) is 1.96. The number of halogens is 2. The molecule has 0 aliphatic rings. The van der Waals surface area contributed by atoms with Crippen LogP contribution in [0.25, 0.3) is 0 Å². The number of benzene rings is 2. The lowest BCUT2D eigenvalue weighted by Crippen LogP contribution is -2.15. The van der Waals surface area contributed by atoms with Gasteiger partial charge in [-0.05, 0) is 12.1 Å². The predicted molar refractivity (Wildman–Crippen MR) is 75.9 cm³/mol. The third-order valence-corrected chi connectivity index (χ3v) is 2.98. The van der Waals surface area contributed by atoms with Gasteiger partial charge in [0.1, 0.15) is 12.4 Å². The van der Waals surface area contributed by atoms with Gasteiger partial charge in [0.2, 0.25) is 0 Å². The molecule has 0 atom stereocenters. The first-order chi connectivity index (χ1) is 10.2. The number of aliphatic hydroxyl groups is 1. The number of para-hydroxylation sites is 1. The Labute approximate surface area is 122 Å². The van der Waals surface area contributed by atoms with E-state index in [1.54, 1.807) is 12.1 Å².